The molecule has 0 aliphatic rings. The molecule has 0 saturated carbocycles. The third-order valence-electron chi connectivity index (χ3n) is 1.67. The topological polar surface area (TPSA) is 9.23 Å². The Labute approximate surface area is 67.3 Å². The van der Waals surface area contributed by atoms with Crippen molar-refractivity contribution in [1.29, 1.82) is 0 Å². The monoisotopic (exact) mass is 148 g/mol. The summed E-state index contributed by atoms with van der Waals surface area (Å²) >= 11 is 0. The number of hydrogen-bond donors (Lipinski definition) is 0. The molecule has 1 heteroatoms. The second kappa shape index (κ2) is 3.24. The highest BCUT2D eigenvalue weighted by Gasteiger charge is 2.00. The average Bonchev–Trinajstić information content (AvgIpc) is 2.04. The van der Waals surface area contributed by atoms with Crippen LogP contribution in [0.5, 0.6) is 5.75 Å². The van der Waals surface area contributed by atoms with E-state index in [0.717, 1.165) is 16.9 Å². The van der Waals surface area contributed by atoms with Gasteiger partial charge in [-0.25, -0.2) is 0 Å². The van der Waals surface area contributed by atoms with Crippen LogP contribution in [-0.4, -0.2) is 7.11 Å². The summed E-state index contributed by atoms with van der Waals surface area (Å²) in [4.78, 5) is 0. The number of methoxy groups -OCH3 is 1. The standard InChI is InChI=1S/C10H12O/c1-4-9-7-5-6-8(2)10(9)11-3/h4-7H,1H2,2-3H3. The van der Waals surface area contributed by atoms with Crippen molar-refractivity contribution in [3.8, 4) is 5.75 Å². The SMILES string of the molecule is C=Cc1cccc(C)c1OC. The molecule has 1 aromatic carbocycles. The van der Waals surface area contributed by atoms with Crippen molar-refractivity contribution in [1.82, 2.24) is 0 Å². The van der Waals surface area contributed by atoms with Crippen molar-refractivity contribution >= 4 is 6.08 Å². The van der Waals surface area contributed by atoms with E-state index in [0.29, 0.717) is 0 Å². The van der Waals surface area contributed by atoms with Gasteiger partial charge in [0.15, 0.2) is 0 Å². The van der Waals surface area contributed by atoms with Crippen LogP contribution in [0.15, 0.2) is 24.8 Å². The minimum Gasteiger partial charge on any atom is -0.496 e. The molecule has 0 spiro atoms. The van der Waals surface area contributed by atoms with Gasteiger partial charge < -0.3 is 4.74 Å². The van der Waals surface area contributed by atoms with Gasteiger partial charge in [-0.1, -0.05) is 30.9 Å². The van der Waals surface area contributed by atoms with Crippen molar-refractivity contribution < 1.29 is 4.74 Å². The van der Waals surface area contributed by atoms with Crippen LogP contribution in [0, 0.1) is 6.92 Å². The lowest BCUT2D eigenvalue weighted by Crippen LogP contribution is -1.89. The minimum atomic E-state index is 0.919. The van der Waals surface area contributed by atoms with Crippen molar-refractivity contribution in [2.45, 2.75) is 6.92 Å². The maximum absolute atomic E-state index is 5.20. The highest BCUT2D eigenvalue weighted by atomic mass is 16.5. The fraction of sp³-hybridized carbons (Fsp3) is 0.200. The molecule has 0 saturated heterocycles. The van der Waals surface area contributed by atoms with Crippen LogP contribution in [0.25, 0.3) is 6.08 Å². The molecule has 0 heterocycles. The first-order valence-corrected chi connectivity index (χ1v) is 3.55. The van der Waals surface area contributed by atoms with E-state index in [-0.39, 0.29) is 0 Å². The van der Waals surface area contributed by atoms with Crippen LogP contribution in [0.2, 0.25) is 0 Å². The second-order valence-corrected chi connectivity index (χ2v) is 2.40. The maximum Gasteiger partial charge on any atom is 0.128 e. The third-order valence-corrected chi connectivity index (χ3v) is 1.67. The van der Waals surface area contributed by atoms with Crippen molar-refractivity contribution in [3.63, 3.8) is 0 Å². The molecule has 1 rings (SSSR count). The van der Waals surface area contributed by atoms with Crippen LogP contribution in [0.1, 0.15) is 11.1 Å². The highest BCUT2D eigenvalue weighted by Crippen LogP contribution is 2.23. The van der Waals surface area contributed by atoms with Crippen LogP contribution in [-0.2, 0) is 0 Å². The van der Waals surface area contributed by atoms with Gasteiger partial charge in [-0.15, -0.1) is 0 Å². The van der Waals surface area contributed by atoms with E-state index in [1.807, 2.05) is 25.1 Å². The summed E-state index contributed by atoms with van der Waals surface area (Å²) in [5, 5.41) is 0. The Morgan fingerprint density at radius 3 is 2.64 bits per heavy atom. The van der Waals surface area contributed by atoms with Gasteiger partial charge in [0.25, 0.3) is 0 Å². The molecule has 0 aliphatic heterocycles. The Morgan fingerprint density at radius 2 is 2.18 bits per heavy atom. The van der Waals surface area contributed by atoms with Crippen LogP contribution in [0.4, 0.5) is 0 Å². The number of aryl methyl sites for hydroxylation is 1. The van der Waals surface area contributed by atoms with E-state index in [4.69, 9.17) is 4.74 Å². The highest BCUT2D eigenvalue weighted by molar-refractivity contribution is 5.58. The van der Waals surface area contributed by atoms with E-state index in [2.05, 4.69) is 6.58 Å². The lowest BCUT2D eigenvalue weighted by Gasteiger charge is -2.06. The Morgan fingerprint density at radius 1 is 1.45 bits per heavy atom. The molecular weight excluding hydrogens is 136 g/mol. The largest absolute Gasteiger partial charge is 0.496 e. The molecule has 0 N–H and O–H groups in total. The Balaban J connectivity index is 3.23. The number of hydrogen-bond acceptors (Lipinski definition) is 1. The minimum absolute atomic E-state index is 0.919. The lowest BCUT2D eigenvalue weighted by atomic mass is 10.1. The lowest BCUT2D eigenvalue weighted by molar-refractivity contribution is 0.411. The molecule has 11 heavy (non-hydrogen) atoms. The molecule has 1 nitrogen and oxygen atoms in total. The van der Waals surface area contributed by atoms with Crippen LogP contribution >= 0.6 is 0 Å². The van der Waals surface area contributed by atoms with Gasteiger partial charge in [-0.3, -0.25) is 0 Å². The van der Waals surface area contributed by atoms with Crippen molar-refractivity contribution in [2.24, 2.45) is 0 Å². The zero-order valence-corrected chi connectivity index (χ0v) is 6.92. The normalized spacial score (nSPS) is 9.27. The van der Waals surface area contributed by atoms with Gasteiger partial charge in [-0.2, -0.15) is 0 Å². The van der Waals surface area contributed by atoms with E-state index in [9.17, 15) is 0 Å². The van der Waals surface area contributed by atoms with E-state index >= 15 is 0 Å². The van der Waals surface area contributed by atoms with Crippen molar-refractivity contribution in [3.05, 3.63) is 35.9 Å². The van der Waals surface area contributed by atoms with Gasteiger partial charge in [0, 0.05) is 5.56 Å². The van der Waals surface area contributed by atoms with Gasteiger partial charge >= 0.3 is 0 Å². The maximum atomic E-state index is 5.20. The van der Waals surface area contributed by atoms with Gasteiger partial charge in [0.05, 0.1) is 7.11 Å². The molecule has 0 radical (unpaired) electrons. The van der Waals surface area contributed by atoms with E-state index in [1.165, 1.54) is 0 Å². The quantitative estimate of drug-likeness (QED) is 0.626. The number of para-hydroxylation sites is 1. The zero-order chi connectivity index (χ0) is 8.27. The second-order valence-electron chi connectivity index (χ2n) is 2.40. The van der Waals surface area contributed by atoms with E-state index in [1.54, 1.807) is 13.2 Å². The fourth-order valence-electron chi connectivity index (χ4n) is 1.11. The van der Waals surface area contributed by atoms with E-state index < -0.39 is 0 Å². The molecule has 1 aromatic rings. The predicted molar refractivity (Wildman–Crippen MR) is 47.8 cm³/mol. The molecule has 0 aliphatic carbocycles. The van der Waals surface area contributed by atoms with Crippen molar-refractivity contribution in [2.75, 3.05) is 7.11 Å². The zero-order valence-electron chi connectivity index (χ0n) is 6.92. The van der Waals surface area contributed by atoms with Gasteiger partial charge in [0.2, 0.25) is 0 Å². The molecule has 0 unspecified atom stereocenters. The Hall–Kier alpha value is -1.24. The predicted octanol–water partition coefficient (Wildman–Crippen LogP) is 2.65. The summed E-state index contributed by atoms with van der Waals surface area (Å²) in [7, 11) is 1.68. The number of rotatable bonds is 2. The molecule has 0 atom stereocenters. The van der Waals surface area contributed by atoms with Crippen LogP contribution in [0.3, 0.4) is 0 Å². The molecule has 0 amide bonds. The Kier molecular flexibility index (Phi) is 2.32. The summed E-state index contributed by atoms with van der Waals surface area (Å²) in [6.07, 6.45) is 1.80. The summed E-state index contributed by atoms with van der Waals surface area (Å²) in [6, 6.07) is 6.00. The summed E-state index contributed by atoms with van der Waals surface area (Å²) < 4.78 is 5.20. The first-order valence-electron chi connectivity index (χ1n) is 3.55. The molecule has 58 valence electrons. The first-order chi connectivity index (χ1) is 5.29. The molecule has 0 fully saturated rings. The molecule has 0 aromatic heterocycles. The smallest absolute Gasteiger partial charge is 0.128 e. The van der Waals surface area contributed by atoms with Gasteiger partial charge in [0.1, 0.15) is 5.75 Å². The number of benzene rings is 1. The van der Waals surface area contributed by atoms with Gasteiger partial charge in [-0.05, 0) is 12.5 Å². The Bertz CT molecular complexity index is 264. The first kappa shape index (κ1) is 7.86. The molecule has 0 bridgehead atoms. The fourth-order valence-corrected chi connectivity index (χ4v) is 1.11. The molecular formula is C10H12O. The number of ether oxygens (including phenoxy) is 1. The average molecular weight is 148 g/mol. The third kappa shape index (κ3) is 1.43. The summed E-state index contributed by atoms with van der Waals surface area (Å²) in [6.45, 7) is 5.72. The summed E-state index contributed by atoms with van der Waals surface area (Å²) in [5.41, 5.74) is 2.19. The summed E-state index contributed by atoms with van der Waals surface area (Å²) in [5.74, 6) is 0.919. The van der Waals surface area contributed by atoms with Crippen LogP contribution < -0.4 is 4.74 Å².